The highest BCUT2D eigenvalue weighted by Crippen LogP contribution is 2.63. The van der Waals surface area contributed by atoms with Crippen molar-refractivity contribution < 1.29 is 19.4 Å². The molecular formula is C34H46FN5O3. The van der Waals surface area contributed by atoms with Gasteiger partial charge in [0, 0.05) is 80.6 Å². The van der Waals surface area contributed by atoms with Crippen LogP contribution < -0.4 is 10.2 Å². The molecule has 2 bridgehead atoms. The molecule has 0 spiro atoms. The van der Waals surface area contributed by atoms with E-state index in [2.05, 4.69) is 22.0 Å². The Labute approximate surface area is 253 Å². The van der Waals surface area contributed by atoms with Gasteiger partial charge in [-0.1, -0.05) is 25.8 Å². The number of hydrogen-bond acceptors (Lipinski definition) is 5. The second-order valence-electron chi connectivity index (χ2n) is 14.4. The van der Waals surface area contributed by atoms with Crippen LogP contribution in [0.25, 0.3) is 0 Å². The van der Waals surface area contributed by atoms with Crippen molar-refractivity contribution in [3.8, 4) is 11.8 Å². The van der Waals surface area contributed by atoms with E-state index in [1.807, 2.05) is 15.5 Å². The summed E-state index contributed by atoms with van der Waals surface area (Å²) in [5.41, 5.74) is 4.23. The highest BCUT2D eigenvalue weighted by molar-refractivity contribution is 5.77. The van der Waals surface area contributed by atoms with Crippen LogP contribution in [0.4, 0.5) is 14.9 Å². The van der Waals surface area contributed by atoms with E-state index < -0.39 is 0 Å². The maximum Gasteiger partial charge on any atom is 0.317 e. The number of rotatable bonds is 6. The Kier molecular flexibility index (Phi) is 6.80. The van der Waals surface area contributed by atoms with E-state index in [-0.39, 0.29) is 47.4 Å². The lowest BCUT2D eigenvalue weighted by Gasteiger charge is -2.41. The van der Waals surface area contributed by atoms with Crippen LogP contribution in [0.2, 0.25) is 0 Å². The van der Waals surface area contributed by atoms with Crippen molar-refractivity contribution in [3.05, 3.63) is 40.7 Å². The zero-order valence-electron chi connectivity index (χ0n) is 25.3. The Bertz CT molecular complexity index is 1400. The normalized spacial score (nSPS) is 32.5. The summed E-state index contributed by atoms with van der Waals surface area (Å²) in [6.07, 6.45) is 8.89. The molecule has 232 valence electrons. The van der Waals surface area contributed by atoms with E-state index in [1.165, 1.54) is 24.8 Å². The third-order valence-corrected chi connectivity index (χ3v) is 12.3. The van der Waals surface area contributed by atoms with E-state index in [0.717, 1.165) is 75.1 Å². The minimum absolute atomic E-state index is 0.00215. The number of fused-ring (bicyclic) bond motifs is 6. The van der Waals surface area contributed by atoms with Crippen molar-refractivity contribution in [1.82, 2.24) is 19.7 Å². The topological polar surface area (TPSA) is 84.2 Å². The number of benzene rings is 1. The van der Waals surface area contributed by atoms with Gasteiger partial charge in [-0.2, -0.15) is 0 Å². The fourth-order valence-corrected chi connectivity index (χ4v) is 10.2. The lowest BCUT2D eigenvalue weighted by atomic mass is 9.78. The van der Waals surface area contributed by atoms with Gasteiger partial charge in [-0.25, -0.2) is 9.18 Å². The predicted molar refractivity (Wildman–Crippen MR) is 163 cm³/mol. The number of hydrogen-bond donors (Lipinski definition) is 3. The SMILES string of the molecule is CC1C2CC(c3c2c(O)n(C[C@@H]2CCCC[C@H]2CN2CCC(N4CCc5ccc(F)cc54)CC2)c3O)C1N1CCNC1=O. The van der Waals surface area contributed by atoms with Gasteiger partial charge in [0.15, 0.2) is 11.8 Å². The molecule has 2 amide bonds. The van der Waals surface area contributed by atoms with Gasteiger partial charge in [0.05, 0.1) is 0 Å². The quantitative estimate of drug-likeness (QED) is 0.441. The molecule has 2 aromatic rings. The van der Waals surface area contributed by atoms with Gasteiger partial charge in [0.1, 0.15) is 5.82 Å². The zero-order chi connectivity index (χ0) is 29.4. The third-order valence-electron chi connectivity index (χ3n) is 12.3. The Balaban J connectivity index is 0.943. The van der Waals surface area contributed by atoms with Gasteiger partial charge in [0.2, 0.25) is 0 Å². The predicted octanol–water partition coefficient (Wildman–Crippen LogP) is 4.99. The number of aromatic hydroxyl groups is 2. The number of likely N-dealkylation sites (tertiary alicyclic amines) is 1. The van der Waals surface area contributed by atoms with Crippen molar-refractivity contribution in [2.24, 2.45) is 17.8 Å². The Morgan fingerprint density at radius 2 is 1.63 bits per heavy atom. The fraction of sp³-hybridized carbons (Fsp3) is 0.676. The number of aromatic nitrogens is 1. The minimum atomic E-state index is -0.141. The number of carbonyl (C=O) groups excluding carboxylic acids is 1. The van der Waals surface area contributed by atoms with Crippen LogP contribution in [0.1, 0.15) is 80.4 Å². The number of piperidine rings is 1. The van der Waals surface area contributed by atoms with Crippen LogP contribution in [0.3, 0.4) is 0 Å². The van der Waals surface area contributed by atoms with Crippen LogP contribution in [-0.2, 0) is 13.0 Å². The first-order valence-corrected chi connectivity index (χ1v) is 16.8. The maximum absolute atomic E-state index is 14.0. The maximum atomic E-state index is 14.0. The third kappa shape index (κ3) is 4.43. The van der Waals surface area contributed by atoms with Crippen LogP contribution >= 0.6 is 0 Å². The van der Waals surface area contributed by atoms with Crippen molar-refractivity contribution in [2.45, 2.75) is 88.8 Å². The molecule has 2 saturated carbocycles. The zero-order valence-corrected chi connectivity index (χ0v) is 25.3. The van der Waals surface area contributed by atoms with E-state index in [1.54, 1.807) is 12.1 Å². The Hall–Kier alpha value is -2.94. The lowest BCUT2D eigenvalue weighted by Crippen LogP contribution is -2.46. The van der Waals surface area contributed by atoms with Gasteiger partial charge in [-0.15, -0.1) is 0 Å². The van der Waals surface area contributed by atoms with Crippen molar-refractivity contribution in [2.75, 3.05) is 44.2 Å². The van der Waals surface area contributed by atoms with Crippen molar-refractivity contribution in [3.63, 3.8) is 0 Å². The van der Waals surface area contributed by atoms with E-state index in [9.17, 15) is 19.4 Å². The summed E-state index contributed by atoms with van der Waals surface area (Å²) in [4.78, 5) is 19.6. The van der Waals surface area contributed by atoms with Gasteiger partial charge < -0.3 is 30.2 Å². The highest BCUT2D eigenvalue weighted by atomic mass is 19.1. The van der Waals surface area contributed by atoms with Crippen LogP contribution in [0, 0.1) is 23.6 Å². The molecule has 6 aliphatic rings. The first kappa shape index (κ1) is 27.6. The first-order valence-electron chi connectivity index (χ1n) is 16.8. The average molecular weight is 592 g/mol. The molecule has 8 rings (SSSR count). The molecule has 43 heavy (non-hydrogen) atoms. The van der Waals surface area contributed by atoms with Crippen LogP contribution in [-0.4, -0.2) is 82.0 Å². The number of nitrogens with zero attached hydrogens (tertiary/aromatic N) is 4. The molecule has 1 aromatic heterocycles. The summed E-state index contributed by atoms with van der Waals surface area (Å²) in [7, 11) is 0. The summed E-state index contributed by atoms with van der Waals surface area (Å²) in [6.45, 7) is 8.45. The average Bonchev–Trinajstić information content (AvgIpc) is 3.81. The monoisotopic (exact) mass is 591 g/mol. The van der Waals surface area contributed by atoms with E-state index >= 15 is 0 Å². The highest BCUT2D eigenvalue weighted by Gasteiger charge is 2.56. The smallest absolute Gasteiger partial charge is 0.317 e. The summed E-state index contributed by atoms with van der Waals surface area (Å²) < 4.78 is 15.8. The standard InChI is InChI=1S/C34H46FN5O3/c1-20-26-17-27(31(20)39-15-11-36-34(39)43)30-29(26)32(41)40(33(30)42)19-23-5-3-2-4-22(23)18-37-12-9-25(10-13-37)38-14-8-21-6-7-24(35)16-28(21)38/h6-7,16,20,22-23,25-27,31,41-42H,2-5,8-15,17-19H2,1H3,(H,36,43)/t20?,22-,23-,26?,27?,31?/m0/s1. The summed E-state index contributed by atoms with van der Waals surface area (Å²) in [5.74, 6) is 1.87. The molecular weight excluding hydrogens is 545 g/mol. The molecule has 0 radical (unpaired) electrons. The molecule has 2 saturated heterocycles. The van der Waals surface area contributed by atoms with Gasteiger partial charge in [-0.05, 0) is 79.9 Å². The Morgan fingerprint density at radius 1 is 0.907 bits per heavy atom. The summed E-state index contributed by atoms with van der Waals surface area (Å²) >= 11 is 0. The molecule has 4 heterocycles. The molecule has 4 fully saturated rings. The van der Waals surface area contributed by atoms with Crippen LogP contribution in [0.5, 0.6) is 11.8 Å². The number of anilines is 1. The molecule has 8 nitrogen and oxygen atoms in total. The van der Waals surface area contributed by atoms with Gasteiger partial charge in [0.25, 0.3) is 0 Å². The fourth-order valence-electron chi connectivity index (χ4n) is 10.2. The molecule has 1 aromatic carbocycles. The molecule has 3 aliphatic carbocycles. The first-order chi connectivity index (χ1) is 20.9. The summed E-state index contributed by atoms with van der Waals surface area (Å²) in [5, 5.41) is 26.0. The molecule has 3 aliphatic heterocycles. The largest absolute Gasteiger partial charge is 0.494 e. The number of halogens is 1. The number of amides is 2. The second kappa shape index (κ2) is 10.6. The van der Waals surface area contributed by atoms with E-state index in [0.29, 0.717) is 37.5 Å². The lowest BCUT2D eigenvalue weighted by molar-refractivity contribution is 0.116. The Morgan fingerprint density at radius 3 is 2.35 bits per heavy atom. The molecule has 3 N–H and O–H groups in total. The number of nitrogens with one attached hydrogen (secondary N) is 1. The van der Waals surface area contributed by atoms with Crippen molar-refractivity contribution in [1.29, 1.82) is 0 Å². The van der Waals surface area contributed by atoms with Gasteiger partial charge in [-0.3, -0.25) is 4.57 Å². The van der Waals surface area contributed by atoms with E-state index in [4.69, 9.17) is 0 Å². The number of carbonyl (C=O) groups is 1. The molecule has 6 atom stereocenters. The molecule has 9 heteroatoms. The molecule has 4 unspecified atom stereocenters. The second-order valence-corrected chi connectivity index (χ2v) is 14.4. The minimum Gasteiger partial charge on any atom is -0.494 e. The van der Waals surface area contributed by atoms with Crippen LogP contribution in [0.15, 0.2) is 18.2 Å². The van der Waals surface area contributed by atoms with Gasteiger partial charge >= 0.3 is 6.03 Å². The summed E-state index contributed by atoms with van der Waals surface area (Å²) in [6, 6.07) is 5.82. The number of urea groups is 1. The van der Waals surface area contributed by atoms with Crippen molar-refractivity contribution >= 4 is 11.7 Å².